The number of nitrogens with two attached hydrogens (primary N) is 1. The van der Waals surface area contributed by atoms with E-state index in [1.807, 2.05) is 74.5 Å². The molecular weight excluding hydrogens is 450 g/mol. The van der Waals surface area contributed by atoms with Crippen molar-refractivity contribution in [2.45, 2.75) is 19.9 Å². The number of nitrogens with zero attached hydrogens (tertiary/aromatic N) is 1. The zero-order valence-corrected chi connectivity index (χ0v) is 20.7. The van der Waals surface area contributed by atoms with Crippen molar-refractivity contribution in [1.29, 1.82) is 0 Å². The number of carbonyl (C=O) groups is 2. The van der Waals surface area contributed by atoms with Gasteiger partial charge < -0.3 is 20.7 Å². The Kier molecular flexibility index (Phi) is 7.54. The Morgan fingerprint density at radius 2 is 1.72 bits per heavy atom. The third-order valence-electron chi connectivity index (χ3n) is 6.36. The van der Waals surface area contributed by atoms with Crippen molar-refractivity contribution in [3.8, 4) is 5.75 Å². The molecule has 6 heteroatoms. The van der Waals surface area contributed by atoms with Crippen LogP contribution in [-0.2, 0) is 0 Å². The fraction of sp³-hybridized carbons (Fsp3) is 0.200. The number of allylic oxidation sites excluding steroid dienone is 1. The largest absolute Gasteiger partial charge is 0.490 e. The maximum Gasteiger partial charge on any atom is 0.251 e. The van der Waals surface area contributed by atoms with E-state index in [1.165, 1.54) is 0 Å². The molecule has 0 fully saturated rings. The van der Waals surface area contributed by atoms with Gasteiger partial charge in [0.2, 0.25) is 5.91 Å². The summed E-state index contributed by atoms with van der Waals surface area (Å²) >= 11 is 0. The van der Waals surface area contributed by atoms with Crippen LogP contribution in [0.15, 0.2) is 91.0 Å². The van der Waals surface area contributed by atoms with E-state index in [0.29, 0.717) is 36.6 Å². The normalized spacial score (nSPS) is 13.8. The van der Waals surface area contributed by atoms with E-state index < -0.39 is 5.91 Å². The summed E-state index contributed by atoms with van der Waals surface area (Å²) in [5, 5.41) is 3.06. The minimum atomic E-state index is -0.449. The van der Waals surface area contributed by atoms with Crippen LogP contribution in [0.25, 0.3) is 5.57 Å². The Hall–Kier alpha value is -4.32. The van der Waals surface area contributed by atoms with Crippen molar-refractivity contribution < 1.29 is 14.3 Å². The average molecular weight is 482 g/mol. The molecule has 0 spiro atoms. The average Bonchev–Trinajstić information content (AvgIpc) is 2.89. The van der Waals surface area contributed by atoms with E-state index in [1.54, 1.807) is 18.2 Å². The van der Waals surface area contributed by atoms with Crippen LogP contribution in [0.5, 0.6) is 5.75 Å². The van der Waals surface area contributed by atoms with Crippen LogP contribution < -0.4 is 20.7 Å². The van der Waals surface area contributed by atoms with Gasteiger partial charge in [-0.3, -0.25) is 9.59 Å². The zero-order valence-electron chi connectivity index (χ0n) is 20.7. The summed E-state index contributed by atoms with van der Waals surface area (Å²) in [5.74, 6) is 0.0895. The molecule has 184 valence electrons. The Labute approximate surface area is 212 Å². The number of rotatable bonds is 8. The van der Waals surface area contributed by atoms with Crippen molar-refractivity contribution in [3.63, 3.8) is 0 Å². The molecule has 0 aromatic heterocycles. The molecule has 3 aromatic rings. The molecule has 3 aromatic carbocycles. The van der Waals surface area contributed by atoms with Crippen LogP contribution in [0.2, 0.25) is 0 Å². The number of fused-ring (bicyclic) bond motifs is 1. The third kappa shape index (κ3) is 5.49. The first-order chi connectivity index (χ1) is 17.4. The molecule has 0 aliphatic carbocycles. The fourth-order valence-electron chi connectivity index (χ4n) is 4.39. The van der Waals surface area contributed by atoms with Crippen LogP contribution in [0.4, 0.5) is 5.69 Å². The second kappa shape index (κ2) is 11.0. The second-order valence-corrected chi connectivity index (χ2v) is 8.81. The quantitative estimate of drug-likeness (QED) is 0.437. The van der Waals surface area contributed by atoms with Gasteiger partial charge in [-0.25, -0.2) is 0 Å². The molecule has 0 radical (unpaired) electrons. The van der Waals surface area contributed by atoms with Gasteiger partial charge in [-0.05, 0) is 66.5 Å². The van der Waals surface area contributed by atoms with Gasteiger partial charge in [-0.1, -0.05) is 55.1 Å². The zero-order chi connectivity index (χ0) is 25.7. The van der Waals surface area contributed by atoms with Gasteiger partial charge in [0.15, 0.2) is 0 Å². The first-order valence-corrected chi connectivity index (χ1v) is 12.0. The van der Waals surface area contributed by atoms with Gasteiger partial charge in [0.05, 0.1) is 18.3 Å². The van der Waals surface area contributed by atoms with Gasteiger partial charge in [0, 0.05) is 17.7 Å². The van der Waals surface area contributed by atoms with Crippen LogP contribution in [-0.4, -0.2) is 31.5 Å². The van der Waals surface area contributed by atoms with Crippen molar-refractivity contribution in [2.24, 2.45) is 5.73 Å². The lowest BCUT2D eigenvalue weighted by Crippen LogP contribution is -2.34. The smallest absolute Gasteiger partial charge is 0.251 e. The molecule has 1 atom stereocenters. The number of ether oxygens (including phenoxy) is 1. The molecule has 2 amide bonds. The second-order valence-electron chi connectivity index (χ2n) is 8.81. The SMILES string of the molecule is C=C(CN1CCOc2cc(C(=O)NC(C)c3ccccc3)ccc21)C(=CC)c1ccc(C(N)=O)cc1. The number of benzene rings is 3. The van der Waals surface area contributed by atoms with Gasteiger partial charge in [0.1, 0.15) is 12.4 Å². The van der Waals surface area contributed by atoms with E-state index in [0.717, 1.165) is 28.0 Å². The molecule has 1 aliphatic rings. The number of hydrogen-bond donors (Lipinski definition) is 2. The number of amides is 2. The molecule has 1 unspecified atom stereocenters. The number of carbonyl (C=O) groups excluding carboxylic acids is 2. The van der Waals surface area contributed by atoms with E-state index in [4.69, 9.17) is 10.5 Å². The van der Waals surface area contributed by atoms with Crippen molar-refractivity contribution in [1.82, 2.24) is 5.32 Å². The number of anilines is 1. The minimum Gasteiger partial charge on any atom is -0.490 e. The number of nitrogens with one attached hydrogen (secondary N) is 1. The summed E-state index contributed by atoms with van der Waals surface area (Å²) in [4.78, 5) is 26.5. The summed E-state index contributed by atoms with van der Waals surface area (Å²) in [6.07, 6.45) is 2.02. The topological polar surface area (TPSA) is 84.7 Å². The summed E-state index contributed by atoms with van der Waals surface area (Å²) in [7, 11) is 0. The minimum absolute atomic E-state index is 0.105. The van der Waals surface area contributed by atoms with Gasteiger partial charge >= 0.3 is 0 Å². The third-order valence-corrected chi connectivity index (χ3v) is 6.36. The molecule has 1 aliphatic heterocycles. The molecule has 3 N–H and O–H groups in total. The molecule has 0 bridgehead atoms. The predicted molar refractivity (Wildman–Crippen MR) is 144 cm³/mol. The monoisotopic (exact) mass is 481 g/mol. The Bertz CT molecular complexity index is 1300. The maximum absolute atomic E-state index is 12.9. The van der Waals surface area contributed by atoms with Gasteiger partial charge in [-0.2, -0.15) is 0 Å². The first kappa shape index (κ1) is 24.8. The van der Waals surface area contributed by atoms with E-state index in [-0.39, 0.29) is 11.9 Å². The van der Waals surface area contributed by atoms with E-state index >= 15 is 0 Å². The summed E-state index contributed by atoms with van der Waals surface area (Å²) in [5.41, 5.74) is 11.3. The Balaban J connectivity index is 1.47. The van der Waals surface area contributed by atoms with Gasteiger partial charge in [0.25, 0.3) is 5.91 Å². The molecule has 36 heavy (non-hydrogen) atoms. The summed E-state index contributed by atoms with van der Waals surface area (Å²) < 4.78 is 5.91. The number of hydrogen-bond acceptors (Lipinski definition) is 4. The fourth-order valence-corrected chi connectivity index (χ4v) is 4.39. The van der Waals surface area contributed by atoms with Crippen molar-refractivity contribution >= 4 is 23.1 Å². The lowest BCUT2D eigenvalue weighted by molar-refractivity contribution is 0.0938. The maximum atomic E-state index is 12.9. The summed E-state index contributed by atoms with van der Waals surface area (Å²) in [6, 6.07) is 22.5. The highest BCUT2D eigenvalue weighted by atomic mass is 16.5. The molecule has 6 nitrogen and oxygen atoms in total. The van der Waals surface area contributed by atoms with Gasteiger partial charge in [-0.15, -0.1) is 0 Å². The number of primary amides is 1. The highest BCUT2D eigenvalue weighted by molar-refractivity contribution is 5.96. The van der Waals surface area contributed by atoms with Crippen molar-refractivity contribution in [2.75, 3.05) is 24.6 Å². The molecular formula is C30H31N3O3. The highest BCUT2D eigenvalue weighted by Gasteiger charge is 2.22. The molecule has 0 saturated carbocycles. The van der Waals surface area contributed by atoms with Crippen LogP contribution in [0.3, 0.4) is 0 Å². The van der Waals surface area contributed by atoms with Crippen molar-refractivity contribution in [3.05, 3.63) is 113 Å². The standard InChI is InChI=1S/C30H31N3O3/c1-4-26(23-10-12-24(13-11-23)29(31)34)20(2)19-33-16-17-36-28-18-25(14-15-27(28)33)30(35)32-21(3)22-8-6-5-7-9-22/h4-15,18,21H,2,16-17,19H2,1,3H3,(H2,31,34)(H,32,35). The van der Waals surface area contributed by atoms with Crippen LogP contribution in [0, 0.1) is 0 Å². The lowest BCUT2D eigenvalue weighted by atomic mass is 9.97. The molecule has 4 rings (SSSR count). The van der Waals surface area contributed by atoms with E-state index in [2.05, 4.69) is 16.8 Å². The van der Waals surface area contributed by atoms with Crippen LogP contribution >= 0.6 is 0 Å². The van der Waals surface area contributed by atoms with E-state index in [9.17, 15) is 9.59 Å². The molecule has 0 saturated heterocycles. The Morgan fingerprint density at radius 1 is 1.06 bits per heavy atom. The predicted octanol–water partition coefficient (Wildman–Crippen LogP) is 5.14. The lowest BCUT2D eigenvalue weighted by Gasteiger charge is -2.32. The highest BCUT2D eigenvalue weighted by Crippen LogP contribution is 2.34. The van der Waals surface area contributed by atoms with Crippen LogP contribution in [0.1, 0.15) is 51.7 Å². The Morgan fingerprint density at radius 3 is 2.39 bits per heavy atom. The first-order valence-electron chi connectivity index (χ1n) is 12.0. The molecule has 1 heterocycles. The summed E-state index contributed by atoms with van der Waals surface area (Å²) in [6.45, 7) is 10.1.